The third-order valence-electron chi connectivity index (χ3n) is 2.39. The third-order valence-corrected chi connectivity index (χ3v) is 3.28. The Morgan fingerprint density at radius 1 is 1.16 bits per heavy atom. The van der Waals surface area contributed by atoms with Crippen molar-refractivity contribution in [2.75, 3.05) is 0 Å². The molecule has 0 aliphatic carbocycles. The first-order chi connectivity index (χ1) is 9.33. The number of rotatable bonds is 4. The second kappa shape index (κ2) is 5.43. The zero-order chi connectivity index (χ0) is 13.1. The second-order valence-electron chi connectivity index (χ2n) is 3.71. The Morgan fingerprint density at radius 2 is 2.05 bits per heavy atom. The van der Waals surface area contributed by atoms with Crippen LogP contribution in [0.3, 0.4) is 0 Å². The summed E-state index contributed by atoms with van der Waals surface area (Å²) < 4.78 is 16.9. The summed E-state index contributed by atoms with van der Waals surface area (Å²) in [7, 11) is 0. The van der Waals surface area contributed by atoms with Crippen LogP contribution in [0.2, 0.25) is 0 Å². The Kier molecular flexibility index (Phi) is 3.49. The summed E-state index contributed by atoms with van der Waals surface area (Å²) in [5, 5.41) is 3.84. The molecule has 19 heavy (non-hydrogen) atoms. The van der Waals surface area contributed by atoms with Gasteiger partial charge in [0.1, 0.15) is 5.75 Å². The number of benzene rings is 1. The van der Waals surface area contributed by atoms with E-state index < -0.39 is 0 Å². The first kappa shape index (κ1) is 12.2. The lowest BCUT2D eigenvalue weighted by Gasteiger charge is -2.04. The Hall–Kier alpha value is -1.83. The molecule has 0 unspecified atom stereocenters. The number of hydrogen-bond donors (Lipinski definition) is 0. The highest BCUT2D eigenvalue weighted by Crippen LogP contribution is 2.21. The number of nitrogens with zero attached hydrogens (tertiary/aromatic N) is 2. The second-order valence-corrected chi connectivity index (χ2v) is 4.87. The molecule has 6 heteroatoms. The molecule has 96 valence electrons. The number of furan rings is 1. The molecule has 2 heterocycles. The van der Waals surface area contributed by atoms with Gasteiger partial charge in [-0.3, -0.25) is 0 Å². The van der Waals surface area contributed by atoms with Crippen molar-refractivity contribution in [1.82, 2.24) is 10.1 Å². The van der Waals surface area contributed by atoms with E-state index in [0.29, 0.717) is 17.5 Å². The Labute approximate surface area is 122 Å². The van der Waals surface area contributed by atoms with E-state index in [2.05, 4.69) is 32.7 Å². The smallest absolute Gasteiger partial charge is 0.293 e. The normalized spacial score (nSPS) is 10.6. The van der Waals surface area contributed by atoms with Crippen LogP contribution in [0.15, 0.2) is 51.6 Å². The number of ether oxygens (including phenoxy) is 1. The van der Waals surface area contributed by atoms with E-state index in [1.807, 2.05) is 24.3 Å². The van der Waals surface area contributed by atoms with Gasteiger partial charge >= 0.3 is 0 Å². The summed E-state index contributed by atoms with van der Waals surface area (Å²) in [4.78, 5) is 4.20. The predicted molar refractivity (Wildman–Crippen MR) is 75.5 cm³/mol. The molecule has 2 aromatic heterocycles. The van der Waals surface area contributed by atoms with Gasteiger partial charge in [-0.05, 0) is 46.9 Å². The van der Waals surface area contributed by atoms with Crippen molar-refractivity contribution >= 4 is 22.6 Å². The van der Waals surface area contributed by atoms with Crippen LogP contribution in [-0.2, 0) is 6.61 Å². The highest BCUT2D eigenvalue weighted by atomic mass is 127. The molecular weight excluding hydrogens is 359 g/mol. The van der Waals surface area contributed by atoms with Gasteiger partial charge in [-0.2, -0.15) is 4.98 Å². The minimum atomic E-state index is 0.254. The fourth-order valence-corrected chi connectivity index (χ4v) is 2.06. The minimum Gasteiger partial charge on any atom is -0.484 e. The van der Waals surface area contributed by atoms with Gasteiger partial charge in [0, 0.05) is 0 Å². The summed E-state index contributed by atoms with van der Waals surface area (Å²) in [6.07, 6.45) is 1.56. The van der Waals surface area contributed by atoms with Crippen molar-refractivity contribution in [3.8, 4) is 17.4 Å². The fraction of sp³-hybridized carbons (Fsp3) is 0.0769. The van der Waals surface area contributed by atoms with Gasteiger partial charge < -0.3 is 13.7 Å². The van der Waals surface area contributed by atoms with Crippen molar-refractivity contribution in [3.05, 3.63) is 52.1 Å². The maximum atomic E-state index is 5.63. The van der Waals surface area contributed by atoms with Crippen molar-refractivity contribution in [2.24, 2.45) is 0 Å². The molecule has 0 amide bonds. The molecule has 3 aromatic rings. The molecule has 1 aromatic carbocycles. The fourth-order valence-electron chi connectivity index (χ4n) is 1.52. The molecule has 0 bridgehead atoms. The molecule has 0 radical (unpaired) electrons. The molecule has 0 fully saturated rings. The van der Waals surface area contributed by atoms with Crippen molar-refractivity contribution in [3.63, 3.8) is 0 Å². The van der Waals surface area contributed by atoms with Gasteiger partial charge in [0.25, 0.3) is 5.89 Å². The monoisotopic (exact) mass is 368 g/mol. The highest BCUT2D eigenvalue weighted by molar-refractivity contribution is 14.1. The molecule has 3 rings (SSSR count). The van der Waals surface area contributed by atoms with Gasteiger partial charge in [0.15, 0.2) is 12.4 Å². The Balaban J connectivity index is 1.70. The SMILES string of the molecule is Ic1ccccc1OCc1noc(-c2ccco2)n1. The van der Waals surface area contributed by atoms with E-state index in [4.69, 9.17) is 13.7 Å². The van der Waals surface area contributed by atoms with E-state index in [1.54, 1.807) is 18.4 Å². The van der Waals surface area contributed by atoms with Crippen LogP contribution < -0.4 is 4.74 Å². The number of hydrogen-bond acceptors (Lipinski definition) is 5. The number of aromatic nitrogens is 2. The van der Waals surface area contributed by atoms with Crippen molar-refractivity contribution in [2.45, 2.75) is 6.61 Å². The van der Waals surface area contributed by atoms with E-state index in [1.165, 1.54) is 0 Å². The molecule has 0 aliphatic heterocycles. The molecule has 0 saturated heterocycles. The maximum absolute atomic E-state index is 5.63. The molecule has 0 atom stereocenters. The van der Waals surface area contributed by atoms with E-state index in [-0.39, 0.29) is 6.61 Å². The van der Waals surface area contributed by atoms with E-state index in [9.17, 15) is 0 Å². The minimum absolute atomic E-state index is 0.254. The van der Waals surface area contributed by atoms with Crippen LogP contribution in [0.25, 0.3) is 11.7 Å². The topological polar surface area (TPSA) is 61.3 Å². The Bertz CT molecular complexity index is 664. The lowest BCUT2D eigenvalue weighted by molar-refractivity contribution is 0.285. The molecule has 0 saturated carbocycles. The highest BCUT2D eigenvalue weighted by Gasteiger charge is 2.11. The zero-order valence-corrected chi connectivity index (χ0v) is 11.9. The van der Waals surface area contributed by atoms with Crippen molar-refractivity contribution in [1.29, 1.82) is 0 Å². The third kappa shape index (κ3) is 2.78. The Morgan fingerprint density at radius 3 is 2.84 bits per heavy atom. The van der Waals surface area contributed by atoms with Crippen LogP contribution in [0.5, 0.6) is 5.75 Å². The number of halogens is 1. The standard InChI is InChI=1S/C13H9IN2O3/c14-9-4-1-2-5-10(9)18-8-12-15-13(19-16-12)11-6-3-7-17-11/h1-7H,8H2. The number of para-hydroxylation sites is 1. The molecule has 0 spiro atoms. The van der Waals surface area contributed by atoms with Crippen LogP contribution in [0.4, 0.5) is 0 Å². The summed E-state index contributed by atoms with van der Waals surface area (Å²) in [5.74, 6) is 2.18. The largest absolute Gasteiger partial charge is 0.484 e. The van der Waals surface area contributed by atoms with Crippen LogP contribution in [0.1, 0.15) is 5.82 Å². The lowest BCUT2D eigenvalue weighted by Crippen LogP contribution is -1.98. The van der Waals surface area contributed by atoms with Gasteiger partial charge in [0.05, 0.1) is 9.83 Å². The quantitative estimate of drug-likeness (QED) is 0.660. The lowest BCUT2D eigenvalue weighted by atomic mass is 10.3. The predicted octanol–water partition coefficient (Wildman–Crippen LogP) is 3.51. The summed E-state index contributed by atoms with van der Waals surface area (Å²) in [6.45, 7) is 0.254. The molecule has 5 nitrogen and oxygen atoms in total. The summed E-state index contributed by atoms with van der Waals surface area (Å²) in [6, 6.07) is 11.3. The van der Waals surface area contributed by atoms with Gasteiger partial charge in [0.2, 0.25) is 5.82 Å². The summed E-state index contributed by atoms with van der Waals surface area (Å²) >= 11 is 2.21. The average molecular weight is 368 g/mol. The van der Waals surface area contributed by atoms with Crippen LogP contribution in [-0.4, -0.2) is 10.1 Å². The molecule has 0 aliphatic rings. The molecule has 0 N–H and O–H groups in total. The van der Waals surface area contributed by atoms with Gasteiger partial charge in [-0.25, -0.2) is 0 Å². The average Bonchev–Trinajstić information content (AvgIpc) is 3.09. The van der Waals surface area contributed by atoms with E-state index in [0.717, 1.165) is 9.32 Å². The first-order valence-corrected chi connectivity index (χ1v) is 6.64. The van der Waals surface area contributed by atoms with Crippen LogP contribution >= 0.6 is 22.6 Å². The first-order valence-electron chi connectivity index (χ1n) is 5.57. The molecular formula is C13H9IN2O3. The van der Waals surface area contributed by atoms with E-state index >= 15 is 0 Å². The van der Waals surface area contributed by atoms with Crippen molar-refractivity contribution < 1.29 is 13.7 Å². The van der Waals surface area contributed by atoms with Gasteiger partial charge in [-0.1, -0.05) is 17.3 Å². The maximum Gasteiger partial charge on any atom is 0.293 e. The zero-order valence-electron chi connectivity index (χ0n) is 9.75. The van der Waals surface area contributed by atoms with Gasteiger partial charge in [-0.15, -0.1) is 0 Å². The summed E-state index contributed by atoms with van der Waals surface area (Å²) in [5.41, 5.74) is 0. The van der Waals surface area contributed by atoms with Crippen LogP contribution in [0, 0.1) is 3.57 Å².